The first-order valence-electron chi connectivity index (χ1n) is 9.04. The number of fused-ring (bicyclic) bond motifs is 1. The second-order valence-electron chi connectivity index (χ2n) is 6.52. The van der Waals surface area contributed by atoms with Gasteiger partial charge in [0, 0.05) is 23.9 Å². The number of amides is 1. The van der Waals surface area contributed by atoms with Crippen molar-refractivity contribution in [2.45, 2.75) is 24.1 Å². The fourth-order valence-corrected chi connectivity index (χ4v) is 3.65. The van der Waals surface area contributed by atoms with Gasteiger partial charge in [-0.05, 0) is 42.4 Å². The van der Waals surface area contributed by atoms with E-state index in [0.717, 1.165) is 17.3 Å². The Labute approximate surface area is 171 Å². The number of anilines is 1. The molecule has 0 saturated carbocycles. The average molecular weight is 413 g/mol. The molecule has 0 aliphatic carbocycles. The molecule has 8 nitrogen and oxygen atoms in total. The van der Waals surface area contributed by atoms with Crippen LogP contribution in [0.2, 0.25) is 0 Å². The first-order chi connectivity index (χ1) is 14.0. The maximum atomic E-state index is 12.6. The van der Waals surface area contributed by atoms with E-state index in [-0.39, 0.29) is 10.9 Å². The van der Waals surface area contributed by atoms with Crippen LogP contribution in [0.4, 0.5) is 5.69 Å². The van der Waals surface area contributed by atoms with Crippen molar-refractivity contribution in [3.8, 4) is 23.1 Å². The zero-order valence-electron chi connectivity index (χ0n) is 15.9. The molecule has 29 heavy (non-hydrogen) atoms. The molecular weight excluding hydrogens is 394 g/mol. The third-order valence-electron chi connectivity index (χ3n) is 4.32. The van der Waals surface area contributed by atoms with Crippen molar-refractivity contribution < 1.29 is 28.6 Å². The molecule has 150 valence electrons. The van der Waals surface area contributed by atoms with Gasteiger partial charge < -0.3 is 24.4 Å². The number of nitrogens with one attached hydrogen (secondary N) is 1. The lowest BCUT2D eigenvalue weighted by Crippen LogP contribution is -2.36. The maximum absolute atomic E-state index is 12.6. The summed E-state index contributed by atoms with van der Waals surface area (Å²) in [6.07, 6.45) is 0. The van der Waals surface area contributed by atoms with Crippen LogP contribution < -0.4 is 24.6 Å². The highest BCUT2D eigenvalue weighted by Crippen LogP contribution is 2.33. The summed E-state index contributed by atoms with van der Waals surface area (Å²) in [6.45, 7) is 4.65. The van der Waals surface area contributed by atoms with Crippen LogP contribution in [-0.2, 0) is 4.79 Å². The second-order valence-corrected chi connectivity index (χ2v) is 7.85. The lowest BCUT2D eigenvalue weighted by Gasteiger charge is -2.19. The number of thioether (sulfide) groups is 1. The van der Waals surface area contributed by atoms with Crippen molar-refractivity contribution in [1.82, 2.24) is 5.27 Å². The van der Waals surface area contributed by atoms with E-state index in [4.69, 9.17) is 14.0 Å². The van der Waals surface area contributed by atoms with Crippen LogP contribution >= 0.6 is 11.8 Å². The van der Waals surface area contributed by atoms with Gasteiger partial charge in [0.15, 0.2) is 17.4 Å². The van der Waals surface area contributed by atoms with Gasteiger partial charge in [0.1, 0.15) is 13.2 Å². The molecule has 1 N–H and O–H groups in total. The summed E-state index contributed by atoms with van der Waals surface area (Å²) in [7, 11) is 0. The number of carbonyl (C=O) groups excluding carboxylic acids is 1. The molecule has 1 aliphatic heterocycles. The van der Waals surface area contributed by atoms with Gasteiger partial charge in [-0.2, -0.15) is 0 Å². The van der Waals surface area contributed by atoms with Crippen LogP contribution in [-0.4, -0.2) is 29.6 Å². The Balaban J connectivity index is 1.48. The Morgan fingerprint density at radius 1 is 1.17 bits per heavy atom. The Morgan fingerprint density at radius 2 is 1.90 bits per heavy atom. The number of ether oxygens (including phenoxy) is 2. The third-order valence-corrected chi connectivity index (χ3v) is 5.45. The lowest BCUT2D eigenvalue weighted by molar-refractivity contribution is -0.705. The third kappa shape index (κ3) is 4.14. The van der Waals surface area contributed by atoms with Crippen molar-refractivity contribution >= 4 is 23.4 Å². The molecule has 2 aromatic carbocycles. The number of aromatic nitrogens is 2. The topological polar surface area (TPSA) is 101 Å². The molecule has 1 unspecified atom stereocenters. The van der Waals surface area contributed by atoms with Crippen molar-refractivity contribution in [3.63, 3.8) is 0 Å². The van der Waals surface area contributed by atoms with E-state index in [9.17, 15) is 9.90 Å². The first-order valence-corrected chi connectivity index (χ1v) is 9.92. The van der Waals surface area contributed by atoms with E-state index in [1.54, 1.807) is 25.1 Å². The molecule has 4 rings (SSSR count). The fourth-order valence-electron chi connectivity index (χ4n) is 2.77. The van der Waals surface area contributed by atoms with Gasteiger partial charge in [-0.25, -0.2) is 0 Å². The summed E-state index contributed by atoms with van der Waals surface area (Å²) in [5.41, 5.74) is 2.36. The zero-order valence-corrected chi connectivity index (χ0v) is 16.7. The highest BCUT2D eigenvalue weighted by atomic mass is 32.2. The molecule has 0 saturated heterocycles. The summed E-state index contributed by atoms with van der Waals surface area (Å²) < 4.78 is 17.2. The normalized spacial score (nSPS) is 13.7. The molecule has 2 heterocycles. The van der Waals surface area contributed by atoms with Gasteiger partial charge in [-0.3, -0.25) is 4.79 Å². The standard InChI is InChI=1S/C20H19N3O5S/c1-12-3-6-15(7-4-12)23-19(20(25)28-22-23)29-13(2)18(24)21-14-5-8-16-17(11-14)27-10-9-26-16/h3-8,11,13H,9-10H2,1-2H3,(H-,21,22,24,25). The van der Waals surface area contributed by atoms with Gasteiger partial charge in [-0.15, -0.1) is 0 Å². The van der Waals surface area contributed by atoms with Crippen molar-refractivity contribution in [3.05, 3.63) is 48.0 Å². The molecule has 0 fully saturated rings. The summed E-state index contributed by atoms with van der Waals surface area (Å²) in [4.78, 5) is 12.6. The molecule has 9 heteroatoms. The number of nitrogens with zero attached hydrogens (tertiary/aromatic N) is 2. The predicted molar refractivity (Wildman–Crippen MR) is 104 cm³/mol. The molecule has 3 aromatic rings. The van der Waals surface area contributed by atoms with E-state index in [2.05, 4.69) is 10.6 Å². The molecular formula is C20H19N3O5S. The molecule has 0 spiro atoms. The summed E-state index contributed by atoms with van der Waals surface area (Å²) in [5.74, 6) is 0.390. The number of hydrogen-bond acceptors (Lipinski definition) is 7. The minimum Gasteiger partial charge on any atom is -0.538 e. The summed E-state index contributed by atoms with van der Waals surface area (Å²) >= 11 is 1.08. The van der Waals surface area contributed by atoms with Gasteiger partial charge in [-0.1, -0.05) is 17.7 Å². The fraction of sp³-hybridized carbons (Fsp3) is 0.250. The molecule has 1 aromatic heterocycles. The monoisotopic (exact) mass is 413 g/mol. The smallest absolute Gasteiger partial charge is 0.298 e. The van der Waals surface area contributed by atoms with Gasteiger partial charge in [0.25, 0.3) is 5.03 Å². The highest BCUT2D eigenvalue weighted by Gasteiger charge is 2.27. The van der Waals surface area contributed by atoms with Gasteiger partial charge >= 0.3 is 0 Å². The van der Waals surface area contributed by atoms with Crippen LogP contribution in [0.3, 0.4) is 0 Å². The van der Waals surface area contributed by atoms with E-state index in [1.807, 2.05) is 31.2 Å². The van der Waals surface area contributed by atoms with E-state index in [1.165, 1.54) is 4.68 Å². The Kier molecular flexibility index (Phi) is 5.30. The number of aryl methyl sites for hydroxylation is 1. The van der Waals surface area contributed by atoms with Crippen LogP contribution in [0.5, 0.6) is 17.4 Å². The lowest BCUT2D eigenvalue weighted by atomic mass is 10.2. The largest absolute Gasteiger partial charge is 0.538 e. The number of hydrogen-bond donors (Lipinski definition) is 1. The quantitative estimate of drug-likeness (QED) is 0.506. The highest BCUT2D eigenvalue weighted by molar-refractivity contribution is 8.00. The van der Waals surface area contributed by atoms with Crippen molar-refractivity contribution in [1.29, 1.82) is 0 Å². The molecule has 1 aliphatic rings. The van der Waals surface area contributed by atoms with Crippen LogP contribution in [0.25, 0.3) is 5.69 Å². The van der Waals surface area contributed by atoms with E-state index < -0.39 is 11.2 Å². The van der Waals surface area contributed by atoms with Crippen molar-refractivity contribution in [2.24, 2.45) is 0 Å². The molecule has 1 amide bonds. The average Bonchev–Trinajstić information content (AvgIpc) is 3.08. The number of carbonyl (C=O) groups is 1. The van der Waals surface area contributed by atoms with Gasteiger partial charge in [0.05, 0.1) is 10.5 Å². The van der Waals surface area contributed by atoms with Crippen LogP contribution in [0.15, 0.2) is 52.0 Å². The molecule has 0 radical (unpaired) electrons. The summed E-state index contributed by atoms with van der Waals surface area (Å²) in [6, 6.07) is 12.7. The minimum atomic E-state index is -0.588. The second kappa shape index (κ2) is 8.04. The van der Waals surface area contributed by atoms with Crippen LogP contribution in [0, 0.1) is 6.92 Å². The number of rotatable bonds is 5. The van der Waals surface area contributed by atoms with Gasteiger partial charge in [0.2, 0.25) is 11.6 Å². The Bertz CT molecular complexity index is 1040. The van der Waals surface area contributed by atoms with Crippen molar-refractivity contribution in [2.75, 3.05) is 18.5 Å². The predicted octanol–water partition coefficient (Wildman–Crippen LogP) is 2.22. The molecule has 1 atom stereocenters. The number of benzene rings is 2. The Hall–Kier alpha value is -3.20. The van der Waals surface area contributed by atoms with E-state index >= 15 is 0 Å². The molecule has 0 bridgehead atoms. The summed E-state index contributed by atoms with van der Waals surface area (Å²) in [5, 5.41) is 18.4. The first kappa shape index (κ1) is 19.1. The maximum Gasteiger partial charge on any atom is 0.298 e. The van der Waals surface area contributed by atoms with Crippen LogP contribution in [0.1, 0.15) is 12.5 Å². The SMILES string of the molecule is Cc1ccc(-[n+]2noc([O-])c2SC(C)C(=O)Nc2ccc3c(c2)OCCO3)cc1. The minimum absolute atomic E-state index is 0.235. The Morgan fingerprint density at radius 3 is 2.66 bits per heavy atom. The zero-order chi connectivity index (χ0) is 20.4. The van der Waals surface area contributed by atoms with E-state index in [0.29, 0.717) is 36.1 Å².